The van der Waals surface area contributed by atoms with E-state index >= 15 is 0 Å². The second-order valence-electron chi connectivity index (χ2n) is 9.25. The van der Waals surface area contributed by atoms with Crippen LogP contribution in [-0.2, 0) is 21.4 Å². The molecule has 0 spiro atoms. The second-order valence-corrected chi connectivity index (χ2v) is 12.6. The summed E-state index contributed by atoms with van der Waals surface area (Å²) >= 11 is 7.76. The van der Waals surface area contributed by atoms with Gasteiger partial charge >= 0.3 is 0 Å². The van der Waals surface area contributed by atoms with Gasteiger partial charge in [0.1, 0.15) is 0 Å². The molecule has 0 aliphatic carbocycles. The summed E-state index contributed by atoms with van der Waals surface area (Å²) in [6.45, 7) is 4.71. The molecule has 0 radical (unpaired) electrons. The Morgan fingerprint density at radius 2 is 1.81 bits per heavy atom. The normalized spacial score (nSPS) is 15.2. The Labute approximate surface area is 225 Å². The van der Waals surface area contributed by atoms with Crippen molar-refractivity contribution >= 4 is 54.2 Å². The van der Waals surface area contributed by atoms with Gasteiger partial charge in [0.05, 0.1) is 27.4 Å². The fourth-order valence-corrected chi connectivity index (χ4v) is 7.17. The summed E-state index contributed by atoms with van der Waals surface area (Å²) in [6, 6.07) is 16.2. The second kappa shape index (κ2) is 10.5. The van der Waals surface area contributed by atoms with Gasteiger partial charge in [0.2, 0.25) is 15.9 Å². The van der Waals surface area contributed by atoms with Gasteiger partial charge in [-0.3, -0.25) is 14.7 Å². The third kappa shape index (κ3) is 5.27. The molecule has 192 valence electrons. The maximum atomic E-state index is 13.9. The summed E-state index contributed by atoms with van der Waals surface area (Å²) < 4.78 is 28.7. The van der Waals surface area contributed by atoms with Crippen LogP contribution in [0.5, 0.6) is 0 Å². The smallest absolute Gasteiger partial charge is 0.243 e. The number of nitrogens with zero attached hydrogens (tertiary/aromatic N) is 4. The summed E-state index contributed by atoms with van der Waals surface area (Å²) in [7, 11) is -3.60. The maximum Gasteiger partial charge on any atom is 0.243 e. The molecule has 0 N–H and O–H groups in total. The van der Waals surface area contributed by atoms with Crippen LogP contribution in [0.1, 0.15) is 29.7 Å². The van der Waals surface area contributed by atoms with Gasteiger partial charge in [-0.25, -0.2) is 13.4 Å². The minimum atomic E-state index is -3.60. The first-order valence-electron chi connectivity index (χ1n) is 12.1. The molecule has 1 saturated heterocycles. The molecule has 37 heavy (non-hydrogen) atoms. The van der Waals surface area contributed by atoms with E-state index in [0.717, 1.165) is 27.0 Å². The average Bonchev–Trinajstić information content (AvgIpc) is 3.35. The molecule has 1 aliphatic heterocycles. The molecule has 1 amide bonds. The van der Waals surface area contributed by atoms with Crippen LogP contribution in [0.2, 0.25) is 5.02 Å². The standard InChI is InChI=1S/C27H27ClN4O3S2/c1-18-6-8-22(9-7-18)37(34,35)31-15-12-20(13-16-31)26(33)32(17-21-5-3-4-14-29-21)27-30-25-19(2)23(28)10-11-24(25)36-27/h3-11,14,20H,12-13,15-17H2,1-2H3. The Morgan fingerprint density at radius 3 is 2.49 bits per heavy atom. The Balaban J connectivity index is 1.39. The third-order valence-corrected chi connectivity index (χ3v) is 10.1. The van der Waals surface area contributed by atoms with Gasteiger partial charge in [0, 0.05) is 30.2 Å². The van der Waals surface area contributed by atoms with Crippen molar-refractivity contribution in [2.24, 2.45) is 5.92 Å². The number of sulfonamides is 1. The predicted molar refractivity (Wildman–Crippen MR) is 147 cm³/mol. The van der Waals surface area contributed by atoms with Crippen LogP contribution in [0, 0.1) is 19.8 Å². The van der Waals surface area contributed by atoms with E-state index in [1.807, 2.05) is 44.2 Å². The van der Waals surface area contributed by atoms with Crippen molar-refractivity contribution in [2.75, 3.05) is 18.0 Å². The lowest BCUT2D eigenvalue weighted by Crippen LogP contribution is -2.44. The van der Waals surface area contributed by atoms with Crippen molar-refractivity contribution in [3.05, 3.63) is 82.6 Å². The lowest BCUT2D eigenvalue weighted by atomic mass is 9.96. The number of piperidine rings is 1. The zero-order valence-corrected chi connectivity index (χ0v) is 23.0. The molecular formula is C27H27ClN4O3S2. The highest BCUT2D eigenvalue weighted by Gasteiger charge is 2.35. The molecule has 1 aliphatic rings. The summed E-state index contributed by atoms with van der Waals surface area (Å²) in [5.74, 6) is -0.384. The maximum absolute atomic E-state index is 13.9. The molecule has 2 aromatic heterocycles. The van der Waals surface area contributed by atoms with E-state index in [0.29, 0.717) is 36.1 Å². The van der Waals surface area contributed by atoms with Crippen molar-refractivity contribution in [1.82, 2.24) is 14.3 Å². The van der Waals surface area contributed by atoms with Crippen LogP contribution in [0.25, 0.3) is 10.2 Å². The molecule has 5 rings (SSSR count). The molecular weight excluding hydrogens is 528 g/mol. The third-order valence-electron chi connectivity index (χ3n) is 6.74. The highest BCUT2D eigenvalue weighted by molar-refractivity contribution is 7.89. The van der Waals surface area contributed by atoms with E-state index in [4.69, 9.17) is 16.6 Å². The fourth-order valence-electron chi connectivity index (χ4n) is 4.52. The number of hydrogen-bond donors (Lipinski definition) is 0. The molecule has 7 nitrogen and oxygen atoms in total. The van der Waals surface area contributed by atoms with Crippen LogP contribution in [0.4, 0.5) is 5.13 Å². The van der Waals surface area contributed by atoms with Gasteiger partial charge in [-0.05, 0) is 68.7 Å². The lowest BCUT2D eigenvalue weighted by Gasteiger charge is -2.33. The largest absolute Gasteiger partial charge is 0.282 e. The van der Waals surface area contributed by atoms with E-state index in [2.05, 4.69) is 4.98 Å². The highest BCUT2D eigenvalue weighted by atomic mass is 35.5. The molecule has 10 heteroatoms. The number of thiazole rings is 1. The van der Waals surface area contributed by atoms with Crippen molar-refractivity contribution in [2.45, 2.75) is 38.1 Å². The van der Waals surface area contributed by atoms with Gasteiger partial charge in [0.15, 0.2) is 5.13 Å². The first-order valence-corrected chi connectivity index (χ1v) is 14.7. The number of hydrogen-bond acceptors (Lipinski definition) is 6. The monoisotopic (exact) mass is 554 g/mol. The number of anilines is 1. The van der Waals surface area contributed by atoms with Crippen molar-refractivity contribution in [1.29, 1.82) is 0 Å². The molecule has 4 aromatic rings. The molecule has 0 saturated carbocycles. The minimum absolute atomic E-state index is 0.0687. The number of aromatic nitrogens is 2. The number of amides is 1. The number of rotatable bonds is 6. The summed E-state index contributed by atoms with van der Waals surface area (Å²) in [5, 5.41) is 1.22. The Morgan fingerprint density at radius 1 is 1.08 bits per heavy atom. The fraction of sp³-hybridized carbons (Fsp3) is 0.296. The number of halogens is 1. The number of carbonyl (C=O) groups excluding carboxylic acids is 1. The topological polar surface area (TPSA) is 83.5 Å². The lowest BCUT2D eigenvalue weighted by molar-refractivity contribution is -0.123. The highest BCUT2D eigenvalue weighted by Crippen LogP contribution is 2.36. The van der Waals surface area contributed by atoms with Crippen molar-refractivity contribution < 1.29 is 13.2 Å². The molecule has 0 atom stereocenters. The molecule has 0 bridgehead atoms. The Kier molecular flexibility index (Phi) is 7.31. The summed E-state index contributed by atoms with van der Waals surface area (Å²) in [5.41, 5.74) is 3.42. The summed E-state index contributed by atoms with van der Waals surface area (Å²) in [4.78, 5) is 25.0. The van der Waals surface area contributed by atoms with Gasteiger partial charge in [-0.1, -0.05) is 46.7 Å². The van der Waals surface area contributed by atoms with Crippen LogP contribution in [0.3, 0.4) is 0 Å². The minimum Gasteiger partial charge on any atom is -0.282 e. The summed E-state index contributed by atoms with van der Waals surface area (Å²) in [6.07, 6.45) is 2.59. The van der Waals surface area contributed by atoms with Crippen LogP contribution < -0.4 is 4.90 Å². The van der Waals surface area contributed by atoms with Crippen LogP contribution in [0.15, 0.2) is 65.7 Å². The number of aryl methyl sites for hydroxylation is 2. The predicted octanol–water partition coefficient (Wildman–Crippen LogP) is 5.60. The van der Waals surface area contributed by atoms with Crippen molar-refractivity contribution in [3.8, 4) is 0 Å². The van der Waals surface area contributed by atoms with Gasteiger partial charge < -0.3 is 0 Å². The SMILES string of the molecule is Cc1ccc(S(=O)(=O)N2CCC(C(=O)N(Cc3ccccn3)c3nc4c(C)c(Cl)ccc4s3)CC2)cc1. The number of benzene rings is 2. The molecule has 2 aromatic carbocycles. The van der Waals surface area contributed by atoms with Crippen LogP contribution in [-0.4, -0.2) is 41.7 Å². The number of carbonyl (C=O) groups is 1. The Bertz CT molecular complexity index is 1530. The van der Waals surface area contributed by atoms with E-state index in [1.54, 1.807) is 35.4 Å². The van der Waals surface area contributed by atoms with E-state index in [9.17, 15) is 13.2 Å². The van der Waals surface area contributed by atoms with Crippen LogP contribution >= 0.6 is 22.9 Å². The molecule has 0 unspecified atom stereocenters. The number of fused-ring (bicyclic) bond motifs is 1. The zero-order chi connectivity index (χ0) is 26.2. The zero-order valence-electron chi connectivity index (χ0n) is 20.6. The van der Waals surface area contributed by atoms with E-state index in [1.165, 1.54) is 15.6 Å². The number of pyridine rings is 1. The van der Waals surface area contributed by atoms with Gasteiger partial charge in [-0.2, -0.15) is 4.31 Å². The van der Waals surface area contributed by atoms with Gasteiger partial charge in [-0.15, -0.1) is 0 Å². The first-order chi connectivity index (χ1) is 17.7. The average molecular weight is 555 g/mol. The molecule has 3 heterocycles. The Hall–Kier alpha value is -2.85. The van der Waals surface area contributed by atoms with E-state index < -0.39 is 10.0 Å². The van der Waals surface area contributed by atoms with Gasteiger partial charge in [0.25, 0.3) is 0 Å². The quantitative estimate of drug-likeness (QED) is 0.310. The molecule has 1 fully saturated rings. The first kappa shape index (κ1) is 25.8. The van der Waals surface area contributed by atoms with E-state index in [-0.39, 0.29) is 23.3 Å². The van der Waals surface area contributed by atoms with Crippen molar-refractivity contribution in [3.63, 3.8) is 0 Å².